The van der Waals surface area contributed by atoms with Crippen molar-refractivity contribution < 1.29 is 0 Å². The molecule has 0 bridgehead atoms. The maximum atomic E-state index is 6.19. The smallest absolute Gasteiger partial charge is 0.0834 e. The molecule has 0 radical (unpaired) electrons. The van der Waals surface area contributed by atoms with Gasteiger partial charge in [-0.3, -0.25) is 16.0 Å². The maximum Gasteiger partial charge on any atom is 0.0834 e. The number of hydrazine groups is 1. The van der Waals surface area contributed by atoms with Gasteiger partial charge in [0.2, 0.25) is 0 Å². The summed E-state index contributed by atoms with van der Waals surface area (Å²) in [7, 11) is 1.91. The second-order valence-electron chi connectivity index (χ2n) is 4.99. The van der Waals surface area contributed by atoms with Crippen molar-refractivity contribution in [3.63, 3.8) is 0 Å². The summed E-state index contributed by atoms with van der Waals surface area (Å²) in [4.78, 5) is 0. The fourth-order valence-corrected chi connectivity index (χ4v) is 3.28. The highest BCUT2D eigenvalue weighted by molar-refractivity contribution is 6.31. The Hall–Kier alpha value is -0.580. The van der Waals surface area contributed by atoms with Crippen LogP contribution in [-0.2, 0) is 7.05 Å². The molecule has 3 N–H and O–H groups in total. The fourth-order valence-electron chi connectivity index (χ4n) is 3.00. The summed E-state index contributed by atoms with van der Waals surface area (Å²) in [6, 6.07) is 0.117. The Morgan fingerprint density at radius 3 is 2.88 bits per heavy atom. The Balaban J connectivity index is 2.17. The molecule has 0 saturated heterocycles. The first kappa shape index (κ1) is 12.9. The monoisotopic (exact) mass is 256 g/mol. The van der Waals surface area contributed by atoms with Crippen LogP contribution in [0.1, 0.15) is 44.3 Å². The second kappa shape index (κ2) is 5.38. The molecule has 5 heteroatoms. The lowest BCUT2D eigenvalue weighted by Crippen LogP contribution is -2.34. The van der Waals surface area contributed by atoms with Crippen molar-refractivity contribution in [2.24, 2.45) is 24.7 Å². The molecule has 1 aromatic rings. The Kier molecular flexibility index (Phi) is 4.07. The highest BCUT2D eigenvalue weighted by atomic mass is 35.5. The molecule has 1 aliphatic carbocycles. The largest absolute Gasteiger partial charge is 0.271 e. The number of aryl methyl sites for hydroxylation is 1. The molecule has 0 amide bonds. The van der Waals surface area contributed by atoms with E-state index in [2.05, 4.69) is 17.4 Å². The number of hydrogen-bond donors (Lipinski definition) is 2. The molecule has 17 heavy (non-hydrogen) atoms. The van der Waals surface area contributed by atoms with Crippen LogP contribution < -0.4 is 11.3 Å². The molecule has 1 saturated carbocycles. The van der Waals surface area contributed by atoms with Crippen molar-refractivity contribution in [2.45, 2.75) is 38.6 Å². The van der Waals surface area contributed by atoms with E-state index in [9.17, 15) is 0 Å². The summed E-state index contributed by atoms with van der Waals surface area (Å²) in [5.41, 5.74) is 3.94. The minimum atomic E-state index is 0.117. The van der Waals surface area contributed by atoms with Gasteiger partial charge in [-0.1, -0.05) is 31.4 Å². The number of halogens is 1. The van der Waals surface area contributed by atoms with Crippen molar-refractivity contribution in [3.05, 3.63) is 16.9 Å². The molecule has 1 heterocycles. The van der Waals surface area contributed by atoms with E-state index >= 15 is 0 Å². The first-order valence-corrected chi connectivity index (χ1v) is 6.68. The molecule has 1 aliphatic rings. The summed E-state index contributed by atoms with van der Waals surface area (Å²) >= 11 is 6.19. The van der Waals surface area contributed by atoms with Crippen LogP contribution in [0.2, 0.25) is 5.02 Å². The van der Waals surface area contributed by atoms with Crippen LogP contribution in [0.3, 0.4) is 0 Å². The minimum absolute atomic E-state index is 0.117. The van der Waals surface area contributed by atoms with Crippen LogP contribution >= 0.6 is 11.6 Å². The van der Waals surface area contributed by atoms with Crippen LogP contribution in [0.5, 0.6) is 0 Å². The van der Waals surface area contributed by atoms with E-state index in [1.54, 1.807) is 6.20 Å². The van der Waals surface area contributed by atoms with Crippen molar-refractivity contribution in [1.29, 1.82) is 0 Å². The summed E-state index contributed by atoms with van der Waals surface area (Å²) in [5, 5.41) is 4.89. The predicted molar refractivity (Wildman–Crippen MR) is 69.4 cm³/mol. The third kappa shape index (κ3) is 2.49. The molecule has 3 atom stereocenters. The molecule has 1 fully saturated rings. The highest BCUT2D eigenvalue weighted by Gasteiger charge is 2.33. The first-order valence-electron chi connectivity index (χ1n) is 6.30. The number of nitrogens with zero attached hydrogens (tertiary/aromatic N) is 2. The number of aromatic nitrogens is 2. The van der Waals surface area contributed by atoms with Gasteiger partial charge >= 0.3 is 0 Å². The third-order valence-corrected chi connectivity index (χ3v) is 4.33. The third-order valence-electron chi connectivity index (χ3n) is 4.04. The Bertz CT molecular complexity index is 357. The Labute approximate surface area is 107 Å². The zero-order chi connectivity index (χ0) is 12.4. The number of rotatable bonds is 4. The van der Waals surface area contributed by atoms with Gasteiger partial charge in [-0.2, -0.15) is 5.10 Å². The molecule has 3 unspecified atom stereocenters. The highest BCUT2D eigenvalue weighted by Crippen LogP contribution is 2.41. The Morgan fingerprint density at radius 1 is 1.65 bits per heavy atom. The van der Waals surface area contributed by atoms with Gasteiger partial charge in [0.15, 0.2) is 0 Å². The average molecular weight is 257 g/mol. The van der Waals surface area contributed by atoms with Gasteiger partial charge in [-0.05, 0) is 24.7 Å². The van der Waals surface area contributed by atoms with E-state index < -0.39 is 0 Å². The van der Waals surface area contributed by atoms with E-state index in [4.69, 9.17) is 17.4 Å². The van der Waals surface area contributed by atoms with Crippen molar-refractivity contribution in [2.75, 3.05) is 0 Å². The van der Waals surface area contributed by atoms with Crippen molar-refractivity contribution >= 4 is 11.6 Å². The normalized spacial score (nSPS) is 26.4. The van der Waals surface area contributed by atoms with Gasteiger partial charge in [0, 0.05) is 7.05 Å². The fraction of sp³-hybridized carbons (Fsp3) is 0.750. The van der Waals surface area contributed by atoms with Gasteiger partial charge < -0.3 is 0 Å². The van der Waals surface area contributed by atoms with E-state index in [1.807, 2.05) is 11.7 Å². The van der Waals surface area contributed by atoms with Gasteiger partial charge in [0.25, 0.3) is 0 Å². The minimum Gasteiger partial charge on any atom is -0.271 e. The molecule has 96 valence electrons. The zero-order valence-electron chi connectivity index (χ0n) is 10.5. The van der Waals surface area contributed by atoms with E-state index in [0.717, 1.165) is 11.6 Å². The van der Waals surface area contributed by atoms with Gasteiger partial charge in [0.05, 0.1) is 23.0 Å². The number of nitrogens with two attached hydrogens (primary N) is 1. The lowest BCUT2D eigenvalue weighted by atomic mass is 9.94. The van der Waals surface area contributed by atoms with Crippen LogP contribution in [-0.4, -0.2) is 9.78 Å². The maximum absolute atomic E-state index is 6.19. The van der Waals surface area contributed by atoms with Gasteiger partial charge in [-0.15, -0.1) is 0 Å². The van der Waals surface area contributed by atoms with E-state index in [0.29, 0.717) is 10.9 Å². The molecule has 4 nitrogen and oxygen atoms in total. The summed E-state index contributed by atoms with van der Waals surface area (Å²) in [5.74, 6) is 7.12. The standard InChI is InChI=1S/C12H21ClN4/c1-3-8-4-5-9(6-8)11(16-14)12-10(13)7-15-17(12)2/h7-9,11,16H,3-6,14H2,1-2H3. The molecule has 2 rings (SSSR count). The second-order valence-corrected chi connectivity index (χ2v) is 5.40. The lowest BCUT2D eigenvalue weighted by molar-refractivity contribution is 0.343. The van der Waals surface area contributed by atoms with Crippen LogP contribution in [0.15, 0.2) is 6.20 Å². The van der Waals surface area contributed by atoms with Gasteiger partial charge in [-0.25, -0.2) is 0 Å². The molecule has 0 aromatic carbocycles. The first-order chi connectivity index (χ1) is 8.17. The lowest BCUT2D eigenvalue weighted by Gasteiger charge is -2.23. The molecule has 0 spiro atoms. The van der Waals surface area contributed by atoms with E-state index in [1.165, 1.54) is 25.7 Å². The van der Waals surface area contributed by atoms with E-state index in [-0.39, 0.29) is 6.04 Å². The predicted octanol–water partition coefficient (Wildman–Crippen LogP) is 2.40. The SMILES string of the molecule is CCC1CCC(C(NN)c2c(Cl)cnn2C)C1. The average Bonchev–Trinajstić information content (AvgIpc) is 2.91. The molecule has 0 aliphatic heterocycles. The summed E-state index contributed by atoms with van der Waals surface area (Å²) in [6.45, 7) is 2.26. The number of nitrogens with one attached hydrogen (secondary N) is 1. The molecule has 1 aromatic heterocycles. The van der Waals surface area contributed by atoms with Gasteiger partial charge in [0.1, 0.15) is 0 Å². The van der Waals surface area contributed by atoms with Crippen LogP contribution in [0.4, 0.5) is 0 Å². The van der Waals surface area contributed by atoms with Crippen molar-refractivity contribution in [1.82, 2.24) is 15.2 Å². The van der Waals surface area contributed by atoms with Crippen LogP contribution in [0.25, 0.3) is 0 Å². The van der Waals surface area contributed by atoms with Crippen LogP contribution in [0, 0.1) is 11.8 Å². The molecular formula is C12H21ClN4. The zero-order valence-corrected chi connectivity index (χ0v) is 11.2. The number of hydrogen-bond acceptors (Lipinski definition) is 3. The summed E-state index contributed by atoms with van der Waals surface area (Å²) < 4.78 is 1.83. The summed E-state index contributed by atoms with van der Waals surface area (Å²) in [6.07, 6.45) is 6.69. The van der Waals surface area contributed by atoms with Crippen molar-refractivity contribution in [3.8, 4) is 0 Å². The molecular weight excluding hydrogens is 236 g/mol. The Morgan fingerprint density at radius 2 is 2.41 bits per heavy atom. The quantitative estimate of drug-likeness (QED) is 0.643. The topological polar surface area (TPSA) is 55.9 Å².